The van der Waals surface area contributed by atoms with Crippen LogP contribution >= 0.6 is 0 Å². The predicted molar refractivity (Wildman–Crippen MR) is 58.7 cm³/mol. The van der Waals surface area contributed by atoms with Crippen molar-refractivity contribution < 1.29 is 5.11 Å². The second-order valence-electron chi connectivity index (χ2n) is 4.81. The summed E-state index contributed by atoms with van der Waals surface area (Å²) in [4.78, 5) is 0. The van der Waals surface area contributed by atoms with Crippen LogP contribution in [0.4, 0.5) is 0 Å². The van der Waals surface area contributed by atoms with Crippen molar-refractivity contribution in [3.8, 4) is 0 Å². The van der Waals surface area contributed by atoms with Gasteiger partial charge in [-0.15, -0.1) is 6.58 Å². The largest absolute Gasteiger partial charge is 0.396 e. The van der Waals surface area contributed by atoms with Crippen molar-refractivity contribution in [1.29, 1.82) is 0 Å². The molecule has 0 aromatic carbocycles. The number of allylic oxidation sites excluding steroid dienone is 1. The van der Waals surface area contributed by atoms with Crippen LogP contribution in [0.25, 0.3) is 0 Å². The summed E-state index contributed by atoms with van der Waals surface area (Å²) < 4.78 is 0. The smallest absolute Gasteiger partial charge is 0.0433 e. The molecule has 0 amide bonds. The number of aliphatic hydroxyl groups is 1. The maximum absolute atomic E-state index is 8.79. The van der Waals surface area contributed by atoms with Gasteiger partial charge in [0.2, 0.25) is 0 Å². The van der Waals surface area contributed by atoms with Crippen molar-refractivity contribution >= 4 is 0 Å². The molecule has 0 bridgehead atoms. The lowest BCUT2D eigenvalue weighted by molar-refractivity contribution is 0.209. The second-order valence-corrected chi connectivity index (χ2v) is 4.81. The van der Waals surface area contributed by atoms with Crippen molar-refractivity contribution in [2.75, 3.05) is 6.61 Å². The molecule has 1 N–H and O–H groups in total. The van der Waals surface area contributed by atoms with Crippen LogP contribution in [-0.2, 0) is 0 Å². The molecule has 0 aromatic rings. The Bertz CT molecular complexity index is 138. The van der Waals surface area contributed by atoms with E-state index < -0.39 is 0 Å². The van der Waals surface area contributed by atoms with Gasteiger partial charge in [0.15, 0.2) is 0 Å². The molecule has 0 saturated carbocycles. The molecule has 0 fully saturated rings. The van der Waals surface area contributed by atoms with Gasteiger partial charge in [-0.3, -0.25) is 0 Å². The van der Waals surface area contributed by atoms with Crippen molar-refractivity contribution in [1.82, 2.24) is 0 Å². The first-order valence-corrected chi connectivity index (χ1v) is 5.23. The Morgan fingerprint density at radius 3 is 2.54 bits per heavy atom. The molecule has 78 valence electrons. The highest BCUT2D eigenvalue weighted by atomic mass is 16.3. The van der Waals surface area contributed by atoms with E-state index in [0.29, 0.717) is 17.9 Å². The first kappa shape index (κ1) is 12.7. The highest BCUT2D eigenvalue weighted by Gasteiger charge is 2.19. The number of rotatable bonds is 7. The molecular weight excluding hydrogens is 160 g/mol. The van der Waals surface area contributed by atoms with E-state index in [4.69, 9.17) is 5.11 Å². The Hall–Kier alpha value is -0.300. The van der Waals surface area contributed by atoms with Gasteiger partial charge in [0.05, 0.1) is 0 Å². The Balaban J connectivity index is 3.77. The van der Waals surface area contributed by atoms with Crippen LogP contribution in [0.5, 0.6) is 0 Å². The lowest BCUT2D eigenvalue weighted by Crippen LogP contribution is -2.16. The maximum atomic E-state index is 8.79. The number of aliphatic hydroxyl groups excluding tert-OH is 1. The first-order valence-electron chi connectivity index (χ1n) is 5.23. The van der Waals surface area contributed by atoms with E-state index in [-0.39, 0.29) is 0 Å². The van der Waals surface area contributed by atoms with Gasteiger partial charge < -0.3 is 5.11 Å². The first-order chi connectivity index (χ1) is 6.02. The standard InChI is InChI=1S/C12H24O/c1-5-6-8-12(3,4)10-11(2)7-9-13/h5,11,13H,1,6-10H2,2-4H3. The summed E-state index contributed by atoms with van der Waals surface area (Å²) in [6.07, 6.45) is 6.41. The van der Waals surface area contributed by atoms with Crippen molar-refractivity contribution in [3.05, 3.63) is 12.7 Å². The molecule has 1 atom stereocenters. The van der Waals surface area contributed by atoms with Gasteiger partial charge in [-0.25, -0.2) is 0 Å². The molecule has 0 rings (SSSR count). The summed E-state index contributed by atoms with van der Waals surface area (Å²) in [5, 5.41) is 8.79. The molecular formula is C12H24O. The molecule has 13 heavy (non-hydrogen) atoms. The molecule has 1 nitrogen and oxygen atoms in total. The third-order valence-electron chi connectivity index (χ3n) is 2.55. The van der Waals surface area contributed by atoms with E-state index in [1.54, 1.807) is 0 Å². The molecule has 0 spiro atoms. The molecule has 1 unspecified atom stereocenters. The Morgan fingerprint density at radius 1 is 1.46 bits per heavy atom. The predicted octanol–water partition coefficient (Wildman–Crippen LogP) is 3.39. The van der Waals surface area contributed by atoms with Gasteiger partial charge in [-0.1, -0.05) is 26.8 Å². The van der Waals surface area contributed by atoms with E-state index in [1.807, 2.05) is 6.08 Å². The van der Waals surface area contributed by atoms with E-state index in [1.165, 1.54) is 12.8 Å². The van der Waals surface area contributed by atoms with E-state index >= 15 is 0 Å². The van der Waals surface area contributed by atoms with Crippen LogP contribution in [0.1, 0.15) is 46.5 Å². The average molecular weight is 184 g/mol. The van der Waals surface area contributed by atoms with Crippen LogP contribution in [-0.4, -0.2) is 11.7 Å². The highest BCUT2D eigenvalue weighted by molar-refractivity contribution is 4.76. The van der Waals surface area contributed by atoms with Gasteiger partial charge in [0.1, 0.15) is 0 Å². The van der Waals surface area contributed by atoms with Gasteiger partial charge in [0.25, 0.3) is 0 Å². The van der Waals surface area contributed by atoms with Crippen molar-refractivity contribution in [2.24, 2.45) is 11.3 Å². The zero-order chi connectivity index (χ0) is 10.3. The van der Waals surface area contributed by atoms with Crippen LogP contribution in [0, 0.1) is 11.3 Å². The van der Waals surface area contributed by atoms with Gasteiger partial charge >= 0.3 is 0 Å². The zero-order valence-corrected chi connectivity index (χ0v) is 9.34. The molecule has 0 aromatic heterocycles. The fourth-order valence-corrected chi connectivity index (χ4v) is 1.86. The molecule has 1 heteroatoms. The monoisotopic (exact) mass is 184 g/mol. The normalized spacial score (nSPS) is 14.2. The van der Waals surface area contributed by atoms with Gasteiger partial charge in [-0.2, -0.15) is 0 Å². The summed E-state index contributed by atoms with van der Waals surface area (Å²) in [6, 6.07) is 0. The average Bonchev–Trinajstić information content (AvgIpc) is 2.00. The number of hydrogen-bond acceptors (Lipinski definition) is 1. The lowest BCUT2D eigenvalue weighted by Gasteiger charge is -2.27. The molecule has 0 aliphatic rings. The van der Waals surface area contributed by atoms with E-state index in [0.717, 1.165) is 12.8 Å². The van der Waals surface area contributed by atoms with Crippen LogP contribution in [0.2, 0.25) is 0 Å². The fourth-order valence-electron chi connectivity index (χ4n) is 1.86. The Labute approximate surface area is 82.9 Å². The third kappa shape index (κ3) is 6.83. The lowest BCUT2D eigenvalue weighted by atomic mass is 9.79. The minimum Gasteiger partial charge on any atom is -0.396 e. The van der Waals surface area contributed by atoms with Crippen molar-refractivity contribution in [2.45, 2.75) is 46.5 Å². The molecule has 0 radical (unpaired) electrons. The van der Waals surface area contributed by atoms with Gasteiger partial charge in [-0.05, 0) is 37.0 Å². The minimum atomic E-state index is 0.318. The Morgan fingerprint density at radius 2 is 2.08 bits per heavy atom. The molecule has 0 aliphatic carbocycles. The van der Waals surface area contributed by atoms with Gasteiger partial charge in [0, 0.05) is 6.61 Å². The third-order valence-corrected chi connectivity index (χ3v) is 2.55. The molecule has 0 heterocycles. The summed E-state index contributed by atoms with van der Waals surface area (Å²) in [5.74, 6) is 0.629. The van der Waals surface area contributed by atoms with Crippen LogP contribution in [0.15, 0.2) is 12.7 Å². The summed E-state index contributed by atoms with van der Waals surface area (Å²) in [6.45, 7) is 10.9. The summed E-state index contributed by atoms with van der Waals surface area (Å²) in [7, 11) is 0. The zero-order valence-electron chi connectivity index (χ0n) is 9.34. The SMILES string of the molecule is C=CCCC(C)(C)CC(C)CCO. The number of hydrogen-bond donors (Lipinski definition) is 1. The van der Waals surface area contributed by atoms with Crippen LogP contribution < -0.4 is 0 Å². The maximum Gasteiger partial charge on any atom is 0.0433 e. The minimum absolute atomic E-state index is 0.318. The summed E-state index contributed by atoms with van der Waals surface area (Å²) in [5.41, 5.74) is 0.392. The quantitative estimate of drug-likeness (QED) is 0.601. The van der Waals surface area contributed by atoms with E-state index in [2.05, 4.69) is 27.4 Å². The summed E-state index contributed by atoms with van der Waals surface area (Å²) >= 11 is 0. The second kappa shape index (κ2) is 6.20. The fraction of sp³-hybridized carbons (Fsp3) is 0.833. The Kier molecular flexibility index (Phi) is 6.06. The molecule has 0 saturated heterocycles. The van der Waals surface area contributed by atoms with Crippen molar-refractivity contribution in [3.63, 3.8) is 0 Å². The molecule has 0 aliphatic heterocycles. The van der Waals surface area contributed by atoms with E-state index in [9.17, 15) is 0 Å². The topological polar surface area (TPSA) is 20.2 Å². The highest BCUT2D eigenvalue weighted by Crippen LogP contribution is 2.31. The van der Waals surface area contributed by atoms with Crippen LogP contribution in [0.3, 0.4) is 0 Å².